The summed E-state index contributed by atoms with van der Waals surface area (Å²) in [5.41, 5.74) is 0. The number of hydrogen-bond acceptors (Lipinski definition) is 2. The topological polar surface area (TPSA) is 25.8 Å². The first-order valence-corrected chi connectivity index (χ1v) is 10.4. The van der Waals surface area contributed by atoms with E-state index in [1.807, 2.05) is 0 Å². The monoisotopic (exact) mass is 352 g/mol. The van der Waals surface area contributed by atoms with Crippen molar-refractivity contribution in [1.82, 2.24) is 9.97 Å². The molecule has 0 radical (unpaired) electrons. The summed E-state index contributed by atoms with van der Waals surface area (Å²) in [6.07, 6.45) is 2.82. The Labute approximate surface area is 102 Å². The van der Waals surface area contributed by atoms with Gasteiger partial charge in [0.1, 0.15) is 0 Å². The van der Waals surface area contributed by atoms with Crippen LogP contribution in [0.1, 0.15) is 0 Å². The van der Waals surface area contributed by atoms with E-state index >= 15 is 0 Å². The molecule has 0 unspecified atom stereocenters. The van der Waals surface area contributed by atoms with E-state index in [1.54, 1.807) is 24.3 Å². The average molecular weight is 350 g/mol. The number of hydrogen-bond donors (Lipinski definition) is 0. The van der Waals surface area contributed by atoms with Gasteiger partial charge in [-0.1, -0.05) is 0 Å². The molecule has 0 saturated heterocycles. The van der Waals surface area contributed by atoms with E-state index in [9.17, 15) is 8.78 Å². The molecule has 2 aromatic heterocycles. The zero-order chi connectivity index (χ0) is 11.4. The van der Waals surface area contributed by atoms with Crippen molar-refractivity contribution in [2.45, 2.75) is 0 Å². The Bertz CT molecular complexity index is 448. The van der Waals surface area contributed by atoms with Gasteiger partial charge in [0.2, 0.25) is 0 Å². The van der Waals surface area contributed by atoms with Crippen molar-refractivity contribution >= 4 is 35.2 Å². The standard InChI is InChI=1S/C10H6F2N2Se2/c11-9-7(3-1-5-13-9)15-16-8-4-2-6-14-10(8)12/h1-6H. The fraction of sp³-hybridized carbons (Fsp3) is 0. The van der Waals surface area contributed by atoms with Gasteiger partial charge in [-0.3, -0.25) is 0 Å². The SMILES string of the molecule is Fc1ncccc1[Se][Se]c1cccnc1F. The Morgan fingerprint density at radius 2 is 1.25 bits per heavy atom. The molecule has 0 spiro atoms. The predicted octanol–water partition coefficient (Wildman–Crippen LogP) is 0.0290. The average Bonchev–Trinajstić information content (AvgIpc) is 2.30. The summed E-state index contributed by atoms with van der Waals surface area (Å²) in [5.74, 6) is -0.901. The maximum atomic E-state index is 13.2. The molecule has 0 aliphatic carbocycles. The quantitative estimate of drug-likeness (QED) is 0.577. The Morgan fingerprint density at radius 1 is 0.812 bits per heavy atom. The number of aromatic nitrogens is 2. The molecule has 2 nitrogen and oxygen atoms in total. The fourth-order valence-corrected chi connectivity index (χ4v) is 7.07. The van der Waals surface area contributed by atoms with Crippen LogP contribution in [0, 0.1) is 11.9 Å². The Balaban J connectivity index is 2.09. The fourth-order valence-electron chi connectivity index (χ4n) is 0.957. The summed E-state index contributed by atoms with van der Waals surface area (Å²) in [6.45, 7) is 0. The van der Waals surface area contributed by atoms with Gasteiger partial charge in [0.05, 0.1) is 0 Å². The van der Waals surface area contributed by atoms with Crippen molar-refractivity contribution in [1.29, 1.82) is 0 Å². The van der Waals surface area contributed by atoms with Crippen LogP contribution < -0.4 is 8.92 Å². The molecule has 2 heterocycles. The third-order valence-corrected chi connectivity index (χ3v) is 8.70. The number of rotatable bonds is 3. The van der Waals surface area contributed by atoms with Crippen molar-refractivity contribution in [3.63, 3.8) is 0 Å². The van der Waals surface area contributed by atoms with Gasteiger partial charge in [-0.2, -0.15) is 0 Å². The van der Waals surface area contributed by atoms with E-state index in [0.29, 0.717) is 8.92 Å². The minimum absolute atomic E-state index is 0.102. The van der Waals surface area contributed by atoms with Crippen LogP contribution in [0.5, 0.6) is 0 Å². The van der Waals surface area contributed by atoms with Gasteiger partial charge in [-0.05, 0) is 0 Å². The molecule has 0 aliphatic rings. The third kappa shape index (κ3) is 2.86. The molecule has 0 N–H and O–H groups in total. The molecule has 2 rings (SSSR count). The van der Waals surface area contributed by atoms with Gasteiger partial charge < -0.3 is 0 Å². The van der Waals surface area contributed by atoms with Crippen LogP contribution in [0.25, 0.3) is 0 Å². The molecule has 0 bridgehead atoms. The minimum atomic E-state index is -0.450. The van der Waals surface area contributed by atoms with Crippen molar-refractivity contribution in [3.05, 3.63) is 48.6 Å². The zero-order valence-electron chi connectivity index (χ0n) is 7.93. The van der Waals surface area contributed by atoms with E-state index < -0.39 is 11.9 Å². The van der Waals surface area contributed by atoms with E-state index in [1.165, 1.54) is 12.4 Å². The van der Waals surface area contributed by atoms with Crippen molar-refractivity contribution < 1.29 is 8.78 Å². The first-order chi connectivity index (χ1) is 7.77. The molecule has 0 atom stereocenters. The van der Waals surface area contributed by atoms with E-state index in [-0.39, 0.29) is 26.3 Å². The Hall–Kier alpha value is -0.801. The second-order valence-electron chi connectivity index (χ2n) is 2.75. The predicted molar refractivity (Wildman–Crippen MR) is 59.2 cm³/mol. The Morgan fingerprint density at radius 3 is 1.62 bits per heavy atom. The molecule has 0 aliphatic heterocycles. The maximum absolute atomic E-state index is 13.2. The Kier molecular flexibility index (Phi) is 4.02. The molecule has 0 aromatic carbocycles. The normalized spacial score (nSPS) is 10.4. The second kappa shape index (κ2) is 5.50. The third-order valence-electron chi connectivity index (χ3n) is 1.67. The molecule has 82 valence electrons. The van der Waals surface area contributed by atoms with Crippen LogP contribution >= 0.6 is 0 Å². The molecule has 0 saturated carbocycles. The number of pyridine rings is 2. The first kappa shape index (κ1) is 11.7. The number of nitrogens with zero attached hydrogens (tertiary/aromatic N) is 2. The summed E-state index contributed by atoms with van der Waals surface area (Å²) < 4.78 is 27.6. The van der Waals surface area contributed by atoms with Crippen molar-refractivity contribution in [3.8, 4) is 0 Å². The molecule has 2 aromatic rings. The molecule has 0 amide bonds. The molecule has 0 fully saturated rings. The molecule has 16 heavy (non-hydrogen) atoms. The van der Waals surface area contributed by atoms with Crippen LogP contribution in [0.4, 0.5) is 8.78 Å². The summed E-state index contributed by atoms with van der Waals surface area (Å²) in [4.78, 5) is 7.13. The van der Waals surface area contributed by atoms with E-state index in [4.69, 9.17) is 0 Å². The molecular weight excluding hydrogens is 344 g/mol. The van der Waals surface area contributed by atoms with E-state index in [0.717, 1.165) is 0 Å². The first-order valence-electron chi connectivity index (χ1n) is 4.33. The van der Waals surface area contributed by atoms with Crippen molar-refractivity contribution in [2.24, 2.45) is 0 Å². The van der Waals surface area contributed by atoms with Gasteiger partial charge in [0.15, 0.2) is 0 Å². The summed E-state index contributed by atoms with van der Waals surface area (Å²) in [7, 11) is 0. The van der Waals surface area contributed by atoms with Crippen LogP contribution in [0.15, 0.2) is 36.7 Å². The van der Waals surface area contributed by atoms with Gasteiger partial charge in [-0.15, -0.1) is 0 Å². The van der Waals surface area contributed by atoms with Crippen LogP contribution in [-0.2, 0) is 0 Å². The zero-order valence-corrected chi connectivity index (χ0v) is 11.4. The van der Waals surface area contributed by atoms with Gasteiger partial charge in [0, 0.05) is 0 Å². The van der Waals surface area contributed by atoms with Crippen molar-refractivity contribution in [2.75, 3.05) is 0 Å². The number of halogens is 2. The summed E-state index contributed by atoms with van der Waals surface area (Å²) in [5, 5.41) is 0. The van der Waals surface area contributed by atoms with Gasteiger partial charge in [0.25, 0.3) is 0 Å². The van der Waals surface area contributed by atoms with Crippen LogP contribution in [0.3, 0.4) is 0 Å². The van der Waals surface area contributed by atoms with Crippen LogP contribution in [0.2, 0.25) is 0 Å². The van der Waals surface area contributed by atoms with Crippen LogP contribution in [-0.4, -0.2) is 36.2 Å². The molecule has 6 heteroatoms. The van der Waals surface area contributed by atoms with E-state index in [2.05, 4.69) is 9.97 Å². The summed E-state index contributed by atoms with van der Waals surface area (Å²) >= 11 is -0.204. The van der Waals surface area contributed by atoms with Gasteiger partial charge in [-0.25, -0.2) is 0 Å². The second-order valence-corrected chi connectivity index (χ2v) is 8.93. The molecular formula is C10H6F2N2Se2. The van der Waals surface area contributed by atoms with Gasteiger partial charge >= 0.3 is 102 Å². The summed E-state index contributed by atoms with van der Waals surface area (Å²) in [6, 6.07) is 6.77.